The van der Waals surface area contributed by atoms with Crippen LogP contribution in [0.4, 0.5) is 4.39 Å². The van der Waals surface area contributed by atoms with Crippen LogP contribution < -0.4 is 14.2 Å². The first-order chi connectivity index (χ1) is 16.1. The van der Waals surface area contributed by atoms with Crippen molar-refractivity contribution < 1.29 is 37.7 Å². The zero-order valence-corrected chi connectivity index (χ0v) is 17.5. The Bertz CT molecular complexity index is 1240. The lowest BCUT2D eigenvalue weighted by Crippen LogP contribution is -2.17. The number of fused-ring (bicyclic) bond motifs is 2. The molecule has 3 aromatic rings. The van der Waals surface area contributed by atoms with E-state index in [0.29, 0.717) is 47.2 Å². The van der Waals surface area contributed by atoms with Crippen LogP contribution in [0.25, 0.3) is 0 Å². The van der Waals surface area contributed by atoms with Crippen molar-refractivity contribution in [1.29, 1.82) is 0 Å². The zero-order chi connectivity index (χ0) is 22.8. The van der Waals surface area contributed by atoms with Crippen molar-refractivity contribution in [2.24, 2.45) is 0 Å². The van der Waals surface area contributed by atoms with Crippen LogP contribution in [-0.4, -0.2) is 31.8 Å². The predicted molar refractivity (Wildman–Crippen MR) is 113 cm³/mol. The Balaban J connectivity index is 1.37. The van der Waals surface area contributed by atoms with Crippen LogP contribution in [-0.2, 0) is 22.7 Å². The maximum Gasteiger partial charge on any atom is 0.339 e. The van der Waals surface area contributed by atoms with Gasteiger partial charge in [-0.05, 0) is 36.4 Å². The van der Waals surface area contributed by atoms with Crippen LogP contribution in [0.2, 0.25) is 0 Å². The quantitative estimate of drug-likeness (QED) is 0.429. The van der Waals surface area contributed by atoms with E-state index < -0.39 is 11.8 Å². The lowest BCUT2D eigenvalue weighted by molar-refractivity contribution is -0.0183. The first kappa shape index (κ1) is 21.0. The predicted octanol–water partition coefficient (Wildman–Crippen LogP) is 4.05. The molecule has 33 heavy (non-hydrogen) atoms. The Kier molecular flexibility index (Phi) is 5.66. The first-order valence-corrected chi connectivity index (χ1v) is 10.3. The molecule has 2 aliphatic rings. The number of ether oxygens (including phenoxy) is 5. The van der Waals surface area contributed by atoms with Gasteiger partial charge >= 0.3 is 5.97 Å². The SMILES string of the molecule is O=C(OCc1cc(F)cc2c1OCOC2)c1ccccc1C(=O)c1ccc2c(c1)OCCO2. The highest BCUT2D eigenvalue weighted by Crippen LogP contribution is 2.32. The second-order valence-corrected chi connectivity index (χ2v) is 7.47. The van der Waals surface area contributed by atoms with Gasteiger partial charge in [0.25, 0.3) is 0 Å². The first-order valence-electron chi connectivity index (χ1n) is 10.3. The summed E-state index contributed by atoms with van der Waals surface area (Å²) in [4.78, 5) is 26.1. The number of rotatable bonds is 5. The van der Waals surface area contributed by atoms with E-state index in [9.17, 15) is 14.0 Å². The van der Waals surface area contributed by atoms with Gasteiger partial charge < -0.3 is 23.7 Å². The molecule has 2 aliphatic heterocycles. The summed E-state index contributed by atoms with van der Waals surface area (Å²) in [5.74, 6) is -0.0626. The summed E-state index contributed by atoms with van der Waals surface area (Å²) in [6.45, 7) is 0.869. The standard InChI is InChI=1S/C25H19FO7/c26-18-9-16-12-29-14-33-24(16)17(10-18)13-32-25(28)20-4-2-1-3-19(20)23(27)15-5-6-21-22(11-15)31-8-7-30-21/h1-6,9-11H,7-8,12-14H2. The van der Waals surface area contributed by atoms with Gasteiger partial charge in [-0.15, -0.1) is 0 Å². The molecule has 0 amide bonds. The van der Waals surface area contributed by atoms with Crippen molar-refractivity contribution in [2.75, 3.05) is 20.0 Å². The normalized spacial score (nSPS) is 14.1. The second-order valence-electron chi connectivity index (χ2n) is 7.47. The van der Waals surface area contributed by atoms with Crippen molar-refractivity contribution in [1.82, 2.24) is 0 Å². The average molecular weight is 450 g/mol. The van der Waals surface area contributed by atoms with Gasteiger partial charge in [0.15, 0.2) is 24.1 Å². The molecule has 0 bridgehead atoms. The summed E-state index contributed by atoms with van der Waals surface area (Å²) in [6.07, 6.45) is 0. The zero-order valence-electron chi connectivity index (χ0n) is 17.5. The van der Waals surface area contributed by atoms with Crippen LogP contribution >= 0.6 is 0 Å². The minimum Gasteiger partial charge on any atom is -0.486 e. The minimum atomic E-state index is -0.707. The monoisotopic (exact) mass is 450 g/mol. The molecule has 0 atom stereocenters. The second kappa shape index (κ2) is 8.91. The van der Waals surface area contributed by atoms with Crippen LogP contribution in [0, 0.1) is 5.82 Å². The van der Waals surface area contributed by atoms with Crippen LogP contribution in [0.5, 0.6) is 17.2 Å². The van der Waals surface area contributed by atoms with E-state index in [1.54, 1.807) is 36.4 Å². The van der Waals surface area contributed by atoms with Gasteiger partial charge in [-0.2, -0.15) is 0 Å². The number of carbonyl (C=O) groups is 2. The van der Waals surface area contributed by atoms with Crippen molar-refractivity contribution >= 4 is 11.8 Å². The molecule has 0 spiro atoms. The Labute approximate surface area is 188 Å². The molecule has 3 aromatic carbocycles. The fraction of sp³-hybridized carbons (Fsp3) is 0.200. The molecule has 168 valence electrons. The molecule has 2 heterocycles. The van der Waals surface area contributed by atoms with Crippen LogP contribution in [0.3, 0.4) is 0 Å². The van der Waals surface area contributed by atoms with Crippen LogP contribution in [0.1, 0.15) is 37.4 Å². The summed E-state index contributed by atoms with van der Waals surface area (Å²) in [5, 5.41) is 0. The molecule has 5 rings (SSSR count). The highest BCUT2D eigenvalue weighted by atomic mass is 19.1. The lowest BCUT2D eigenvalue weighted by Gasteiger charge is -2.21. The van der Waals surface area contributed by atoms with Crippen molar-refractivity contribution in [3.05, 3.63) is 88.2 Å². The third kappa shape index (κ3) is 4.25. The molecule has 0 radical (unpaired) electrons. The molecule has 8 heteroatoms. The van der Waals surface area contributed by atoms with Crippen LogP contribution in [0.15, 0.2) is 54.6 Å². The number of ketones is 1. The van der Waals surface area contributed by atoms with Gasteiger partial charge in [0.2, 0.25) is 0 Å². The number of halogens is 1. The number of hydrogen-bond donors (Lipinski definition) is 0. The Morgan fingerprint density at radius 3 is 2.55 bits per heavy atom. The smallest absolute Gasteiger partial charge is 0.339 e. The maximum atomic E-state index is 14.0. The molecule has 0 aliphatic carbocycles. The van der Waals surface area contributed by atoms with E-state index in [2.05, 4.69) is 0 Å². The molecule has 0 aromatic heterocycles. The fourth-order valence-electron chi connectivity index (χ4n) is 3.78. The van der Waals surface area contributed by atoms with Gasteiger partial charge in [-0.1, -0.05) is 18.2 Å². The van der Waals surface area contributed by atoms with E-state index in [0.717, 1.165) is 0 Å². The van der Waals surface area contributed by atoms with Gasteiger partial charge in [0.05, 0.1) is 12.2 Å². The van der Waals surface area contributed by atoms with Gasteiger partial charge in [0.1, 0.15) is 31.4 Å². The molecule has 0 saturated heterocycles. The van der Waals surface area contributed by atoms with Gasteiger partial charge in [-0.3, -0.25) is 4.79 Å². The Morgan fingerprint density at radius 1 is 0.909 bits per heavy atom. The van der Waals surface area contributed by atoms with E-state index in [-0.39, 0.29) is 36.9 Å². The Hall–Kier alpha value is -3.91. The van der Waals surface area contributed by atoms with Gasteiger partial charge in [0, 0.05) is 22.3 Å². The van der Waals surface area contributed by atoms with Crippen molar-refractivity contribution in [2.45, 2.75) is 13.2 Å². The van der Waals surface area contributed by atoms with E-state index in [4.69, 9.17) is 23.7 Å². The number of hydrogen-bond acceptors (Lipinski definition) is 7. The summed E-state index contributed by atoms with van der Waals surface area (Å²) in [6, 6.07) is 13.8. The van der Waals surface area contributed by atoms with E-state index >= 15 is 0 Å². The third-order valence-electron chi connectivity index (χ3n) is 5.31. The highest BCUT2D eigenvalue weighted by molar-refractivity contribution is 6.14. The molecule has 7 nitrogen and oxygen atoms in total. The average Bonchev–Trinajstić information content (AvgIpc) is 2.86. The highest BCUT2D eigenvalue weighted by Gasteiger charge is 2.23. The maximum absolute atomic E-state index is 14.0. The number of benzene rings is 3. The minimum absolute atomic E-state index is 0.0342. The van der Waals surface area contributed by atoms with Crippen molar-refractivity contribution in [3.63, 3.8) is 0 Å². The number of carbonyl (C=O) groups excluding carboxylic acids is 2. The summed E-state index contributed by atoms with van der Waals surface area (Å²) < 4.78 is 41.1. The molecule has 0 fully saturated rings. The molecule has 0 N–H and O–H groups in total. The Morgan fingerprint density at radius 2 is 1.70 bits per heavy atom. The molecular formula is C25H19FO7. The molecule has 0 unspecified atom stereocenters. The summed E-state index contributed by atoms with van der Waals surface area (Å²) in [5.41, 5.74) is 1.57. The molecular weight excluding hydrogens is 431 g/mol. The third-order valence-corrected chi connectivity index (χ3v) is 5.31. The summed E-state index contributed by atoms with van der Waals surface area (Å²) in [7, 11) is 0. The number of esters is 1. The topological polar surface area (TPSA) is 80.3 Å². The van der Waals surface area contributed by atoms with E-state index in [1.165, 1.54) is 18.2 Å². The van der Waals surface area contributed by atoms with Crippen molar-refractivity contribution in [3.8, 4) is 17.2 Å². The fourth-order valence-corrected chi connectivity index (χ4v) is 3.78. The van der Waals surface area contributed by atoms with Gasteiger partial charge in [-0.25, -0.2) is 9.18 Å². The van der Waals surface area contributed by atoms with E-state index in [1.807, 2.05) is 0 Å². The molecule has 0 saturated carbocycles. The summed E-state index contributed by atoms with van der Waals surface area (Å²) >= 11 is 0. The largest absolute Gasteiger partial charge is 0.486 e. The lowest BCUT2D eigenvalue weighted by atomic mass is 9.98.